The van der Waals surface area contributed by atoms with E-state index in [0.717, 1.165) is 19.6 Å². The summed E-state index contributed by atoms with van der Waals surface area (Å²) in [6.07, 6.45) is 2.33. The zero-order valence-electron chi connectivity index (χ0n) is 5.56. The molecule has 0 aromatic heterocycles. The van der Waals surface area contributed by atoms with Crippen LogP contribution in [0.1, 0.15) is 12.8 Å². The smallest absolute Gasteiger partial charge is 0.0320 e. The van der Waals surface area contributed by atoms with Crippen LogP contribution in [-0.4, -0.2) is 30.2 Å². The van der Waals surface area contributed by atoms with Gasteiger partial charge in [0.15, 0.2) is 0 Å². The topological polar surface area (TPSA) is 41.3 Å². The van der Waals surface area contributed by atoms with Gasteiger partial charge in [0.05, 0.1) is 0 Å². The lowest BCUT2D eigenvalue weighted by Gasteiger charge is -2.46. The van der Waals surface area contributed by atoms with E-state index in [0.29, 0.717) is 0 Å². The van der Waals surface area contributed by atoms with Crippen molar-refractivity contribution in [2.45, 2.75) is 18.4 Å². The van der Waals surface area contributed by atoms with Gasteiger partial charge in [0.2, 0.25) is 0 Å². The van der Waals surface area contributed by atoms with E-state index >= 15 is 0 Å². The SMILES string of the molecule is NC12CCN(CC1)NC2. The van der Waals surface area contributed by atoms with Crippen LogP contribution in [-0.2, 0) is 0 Å². The molecule has 0 radical (unpaired) electrons. The Morgan fingerprint density at radius 3 is 2.22 bits per heavy atom. The van der Waals surface area contributed by atoms with E-state index in [4.69, 9.17) is 5.73 Å². The maximum absolute atomic E-state index is 6.01. The van der Waals surface area contributed by atoms with Gasteiger partial charge in [-0.05, 0) is 12.8 Å². The minimum absolute atomic E-state index is 0.134. The molecule has 3 fully saturated rings. The molecule has 3 heterocycles. The van der Waals surface area contributed by atoms with Gasteiger partial charge in [-0.3, -0.25) is 5.43 Å². The molecule has 3 aliphatic heterocycles. The van der Waals surface area contributed by atoms with Crippen molar-refractivity contribution in [1.29, 1.82) is 0 Å². The van der Waals surface area contributed by atoms with Crippen molar-refractivity contribution in [1.82, 2.24) is 10.4 Å². The summed E-state index contributed by atoms with van der Waals surface area (Å²) in [6.45, 7) is 3.25. The van der Waals surface area contributed by atoms with Crippen LogP contribution in [0, 0.1) is 0 Å². The fourth-order valence-corrected chi connectivity index (χ4v) is 1.56. The molecule has 0 atom stereocenters. The standard InChI is InChI=1S/C6H13N3/c7-6-1-3-9(4-2-6)8-5-6/h8H,1-5,7H2. The molecular weight excluding hydrogens is 114 g/mol. The van der Waals surface area contributed by atoms with Crippen LogP contribution in [0.25, 0.3) is 0 Å². The molecule has 0 amide bonds. The largest absolute Gasteiger partial charge is 0.324 e. The van der Waals surface area contributed by atoms with E-state index in [-0.39, 0.29) is 5.54 Å². The summed E-state index contributed by atoms with van der Waals surface area (Å²) in [5.41, 5.74) is 9.41. The van der Waals surface area contributed by atoms with Crippen molar-refractivity contribution in [3.63, 3.8) is 0 Å². The molecule has 52 valence electrons. The lowest BCUT2D eigenvalue weighted by Crippen LogP contribution is -2.66. The number of fused-ring (bicyclic) bond motifs is 3. The zero-order valence-corrected chi connectivity index (χ0v) is 5.56. The van der Waals surface area contributed by atoms with E-state index in [1.807, 2.05) is 0 Å². The minimum atomic E-state index is 0.134. The Balaban J connectivity index is 2.11. The molecule has 3 aliphatic rings. The lowest BCUT2D eigenvalue weighted by atomic mass is 9.87. The van der Waals surface area contributed by atoms with Crippen molar-refractivity contribution in [2.75, 3.05) is 19.6 Å². The molecule has 0 aliphatic carbocycles. The molecule has 3 saturated heterocycles. The molecule has 3 nitrogen and oxygen atoms in total. The van der Waals surface area contributed by atoms with Gasteiger partial charge in [-0.25, -0.2) is 5.01 Å². The van der Waals surface area contributed by atoms with E-state index < -0.39 is 0 Å². The van der Waals surface area contributed by atoms with Gasteiger partial charge < -0.3 is 5.73 Å². The number of hydrogen-bond donors (Lipinski definition) is 2. The molecule has 0 saturated carbocycles. The van der Waals surface area contributed by atoms with Gasteiger partial charge in [0, 0.05) is 25.2 Å². The predicted molar refractivity (Wildman–Crippen MR) is 35.7 cm³/mol. The van der Waals surface area contributed by atoms with Gasteiger partial charge in [-0.1, -0.05) is 0 Å². The molecule has 0 aromatic rings. The Morgan fingerprint density at radius 1 is 1.33 bits per heavy atom. The second-order valence-corrected chi connectivity index (χ2v) is 3.18. The first-order valence-corrected chi connectivity index (χ1v) is 3.56. The van der Waals surface area contributed by atoms with Crippen LogP contribution in [0.5, 0.6) is 0 Å². The highest BCUT2D eigenvalue weighted by Crippen LogP contribution is 2.21. The van der Waals surface area contributed by atoms with Crippen LogP contribution in [0.4, 0.5) is 0 Å². The number of piperidine rings is 1. The summed E-state index contributed by atoms with van der Waals surface area (Å²) >= 11 is 0. The van der Waals surface area contributed by atoms with E-state index in [9.17, 15) is 0 Å². The summed E-state index contributed by atoms with van der Waals surface area (Å²) < 4.78 is 0. The Bertz CT molecular complexity index is 102. The third-order valence-electron chi connectivity index (χ3n) is 2.41. The number of rotatable bonds is 0. The second-order valence-electron chi connectivity index (χ2n) is 3.18. The molecule has 3 heteroatoms. The number of nitrogens with zero attached hydrogens (tertiary/aromatic N) is 1. The van der Waals surface area contributed by atoms with Crippen LogP contribution < -0.4 is 11.2 Å². The first kappa shape index (κ1) is 5.65. The first-order chi connectivity index (χ1) is 4.29. The van der Waals surface area contributed by atoms with Crippen molar-refractivity contribution in [3.05, 3.63) is 0 Å². The molecular formula is C6H13N3. The van der Waals surface area contributed by atoms with Crippen molar-refractivity contribution in [3.8, 4) is 0 Å². The normalized spacial score (nSPS) is 49.7. The second kappa shape index (κ2) is 1.68. The van der Waals surface area contributed by atoms with Crippen molar-refractivity contribution < 1.29 is 0 Å². The Hall–Kier alpha value is -0.120. The Kier molecular flexibility index (Phi) is 1.06. The Labute approximate surface area is 55.2 Å². The maximum Gasteiger partial charge on any atom is 0.0320 e. The van der Waals surface area contributed by atoms with Gasteiger partial charge in [0.25, 0.3) is 0 Å². The highest BCUT2D eigenvalue weighted by molar-refractivity contribution is 4.95. The number of hydrogen-bond acceptors (Lipinski definition) is 3. The van der Waals surface area contributed by atoms with E-state index in [1.165, 1.54) is 12.8 Å². The van der Waals surface area contributed by atoms with E-state index in [1.54, 1.807) is 0 Å². The average molecular weight is 127 g/mol. The molecule has 0 aromatic carbocycles. The maximum atomic E-state index is 6.01. The predicted octanol–water partition coefficient (Wildman–Crippen LogP) is -0.702. The highest BCUT2D eigenvalue weighted by atomic mass is 15.5. The molecule has 3 N–H and O–H groups in total. The van der Waals surface area contributed by atoms with Crippen LogP contribution in [0.3, 0.4) is 0 Å². The summed E-state index contributed by atoms with van der Waals surface area (Å²) in [5, 5.41) is 2.26. The van der Waals surface area contributed by atoms with Gasteiger partial charge in [-0.15, -0.1) is 0 Å². The third-order valence-corrected chi connectivity index (χ3v) is 2.41. The van der Waals surface area contributed by atoms with Gasteiger partial charge in [0.1, 0.15) is 0 Å². The lowest BCUT2D eigenvalue weighted by molar-refractivity contribution is 0.0387. The van der Waals surface area contributed by atoms with Crippen LogP contribution in [0.15, 0.2) is 0 Å². The number of hydrazine groups is 1. The van der Waals surface area contributed by atoms with Crippen molar-refractivity contribution >= 4 is 0 Å². The summed E-state index contributed by atoms with van der Waals surface area (Å²) in [4.78, 5) is 0. The van der Waals surface area contributed by atoms with Crippen molar-refractivity contribution in [2.24, 2.45) is 5.73 Å². The van der Waals surface area contributed by atoms with Gasteiger partial charge >= 0.3 is 0 Å². The Morgan fingerprint density at radius 2 is 2.00 bits per heavy atom. The first-order valence-electron chi connectivity index (χ1n) is 3.56. The fraction of sp³-hybridized carbons (Fsp3) is 1.00. The summed E-state index contributed by atoms with van der Waals surface area (Å²) in [5.74, 6) is 0. The van der Waals surface area contributed by atoms with E-state index in [2.05, 4.69) is 10.4 Å². The van der Waals surface area contributed by atoms with Gasteiger partial charge in [-0.2, -0.15) is 0 Å². The third kappa shape index (κ3) is 0.852. The number of nitrogens with two attached hydrogens (primary N) is 1. The number of nitrogens with one attached hydrogen (secondary N) is 1. The highest BCUT2D eigenvalue weighted by Gasteiger charge is 2.35. The molecule has 9 heavy (non-hydrogen) atoms. The zero-order chi connectivity index (χ0) is 6.32. The summed E-state index contributed by atoms with van der Waals surface area (Å²) in [6, 6.07) is 0. The molecule has 2 bridgehead atoms. The van der Waals surface area contributed by atoms with Crippen LogP contribution in [0.2, 0.25) is 0 Å². The monoisotopic (exact) mass is 127 g/mol. The molecule has 0 unspecified atom stereocenters. The van der Waals surface area contributed by atoms with Crippen LogP contribution >= 0.6 is 0 Å². The fourth-order valence-electron chi connectivity index (χ4n) is 1.56. The average Bonchev–Trinajstić information content (AvgIpc) is 1.90. The summed E-state index contributed by atoms with van der Waals surface area (Å²) in [7, 11) is 0. The molecule has 0 spiro atoms. The minimum Gasteiger partial charge on any atom is -0.324 e. The quantitative estimate of drug-likeness (QED) is 0.452. The molecule has 3 rings (SSSR count).